The second-order valence-corrected chi connectivity index (χ2v) is 4.69. The zero-order valence-corrected chi connectivity index (χ0v) is 10.8. The smallest absolute Gasteiger partial charge is 0.338 e. The fraction of sp³-hybridized carbons (Fsp3) is 0.500. The first-order valence-electron chi connectivity index (χ1n) is 5.56. The first kappa shape index (κ1) is 14.2. The number of rotatable bonds is 5. The van der Waals surface area contributed by atoms with Gasteiger partial charge in [-0.15, -0.1) is 0 Å². The molecule has 0 saturated heterocycles. The highest BCUT2D eigenvalue weighted by atomic mass is 16.5. The number of aromatic nitrogens is 1. The van der Waals surface area contributed by atoms with Crippen molar-refractivity contribution in [2.75, 3.05) is 18.9 Å². The number of nitrogens with two attached hydrogens (primary N) is 1. The van der Waals surface area contributed by atoms with Gasteiger partial charge in [0, 0.05) is 6.20 Å². The molecule has 0 amide bonds. The van der Waals surface area contributed by atoms with E-state index in [1.165, 1.54) is 12.3 Å². The summed E-state index contributed by atoms with van der Waals surface area (Å²) in [5, 5.41) is 8.88. The lowest BCUT2D eigenvalue weighted by Gasteiger charge is -2.19. The zero-order valence-electron chi connectivity index (χ0n) is 10.8. The maximum Gasteiger partial charge on any atom is 0.338 e. The number of hydrogen-bond acceptors (Lipinski definition) is 5. The van der Waals surface area contributed by atoms with E-state index in [-0.39, 0.29) is 29.3 Å². The van der Waals surface area contributed by atoms with Gasteiger partial charge in [0.2, 0.25) is 5.88 Å². The van der Waals surface area contributed by atoms with Crippen LogP contribution in [-0.4, -0.2) is 34.9 Å². The fourth-order valence-corrected chi connectivity index (χ4v) is 1.24. The Balaban J connectivity index is 2.58. The number of carboxylic acid groups (broad SMARTS) is 1. The summed E-state index contributed by atoms with van der Waals surface area (Å²) < 4.78 is 10.8. The molecule has 18 heavy (non-hydrogen) atoms. The molecule has 100 valence electrons. The number of pyridine rings is 1. The van der Waals surface area contributed by atoms with Crippen molar-refractivity contribution in [3.8, 4) is 5.88 Å². The van der Waals surface area contributed by atoms with Gasteiger partial charge in [-0.3, -0.25) is 0 Å². The Hall–Kier alpha value is -1.82. The molecule has 0 aliphatic rings. The monoisotopic (exact) mass is 254 g/mol. The lowest BCUT2D eigenvalue weighted by Crippen LogP contribution is -2.22. The minimum atomic E-state index is -1.11. The van der Waals surface area contributed by atoms with Crippen molar-refractivity contribution in [1.82, 2.24) is 4.98 Å². The molecule has 0 aliphatic carbocycles. The number of carbonyl (C=O) groups is 1. The summed E-state index contributed by atoms with van der Waals surface area (Å²) in [7, 11) is 0. The van der Waals surface area contributed by atoms with Gasteiger partial charge < -0.3 is 20.3 Å². The Labute approximate surface area is 106 Å². The predicted octanol–water partition coefficient (Wildman–Crippen LogP) is 1.56. The standard InChI is InChI=1S/C12H18N2O4/c1-12(2,3)18-7-6-17-10-9(13)8(11(15)16)4-5-14-10/h4-5H,6-7,13H2,1-3H3,(H,15,16). The van der Waals surface area contributed by atoms with E-state index in [4.69, 9.17) is 20.3 Å². The van der Waals surface area contributed by atoms with Crippen LogP contribution in [0.4, 0.5) is 5.69 Å². The normalized spacial score (nSPS) is 11.3. The van der Waals surface area contributed by atoms with Crippen molar-refractivity contribution in [2.24, 2.45) is 0 Å². The van der Waals surface area contributed by atoms with Crippen LogP contribution in [-0.2, 0) is 4.74 Å². The SMILES string of the molecule is CC(C)(C)OCCOc1nccc(C(=O)O)c1N. The molecule has 0 aromatic carbocycles. The van der Waals surface area contributed by atoms with E-state index >= 15 is 0 Å². The van der Waals surface area contributed by atoms with E-state index in [0.29, 0.717) is 6.61 Å². The van der Waals surface area contributed by atoms with Crippen LogP contribution >= 0.6 is 0 Å². The molecule has 0 unspecified atom stereocenters. The molecular formula is C12H18N2O4. The minimum absolute atomic E-state index is 0.0169. The second-order valence-electron chi connectivity index (χ2n) is 4.69. The van der Waals surface area contributed by atoms with Gasteiger partial charge in [-0.2, -0.15) is 0 Å². The highest BCUT2D eigenvalue weighted by Crippen LogP contribution is 2.22. The maximum atomic E-state index is 10.8. The van der Waals surface area contributed by atoms with Crippen molar-refractivity contribution in [1.29, 1.82) is 0 Å². The molecule has 1 aromatic heterocycles. The van der Waals surface area contributed by atoms with Crippen molar-refractivity contribution >= 4 is 11.7 Å². The lowest BCUT2D eigenvalue weighted by molar-refractivity contribution is -0.0167. The van der Waals surface area contributed by atoms with Gasteiger partial charge in [-0.1, -0.05) is 0 Å². The average Bonchev–Trinajstić information content (AvgIpc) is 2.24. The Morgan fingerprint density at radius 2 is 2.11 bits per heavy atom. The number of aromatic carboxylic acids is 1. The van der Waals surface area contributed by atoms with Crippen molar-refractivity contribution in [3.63, 3.8) is 0 Å². The summed E-state index contributed by atoms with van der Waals surface area (Å²) in [4.78, 5) is 14.7. The van der Waals surface area contributed by atoms with Crippen LogP contribution in [0.2, 0.25) is 0 Å². The van der Waals surface area contributed by atoms with Crippen molar-refractivity contribution in [2.45, 2.75) is 26.4 Å². The van der Waals surface area contributed by atoms with E-state index in [1.54, 1.807) is 0 Å². The molecule has 0 atom stereocenters. The molecule has 0 spiro atoms. The quantitative estimate of drug-likeness (QED) is 0.774. The molecule has 0 radical (unpaired) electrons. The van der Waals surface area contributed by atoms with Gasteiger partial charge >= 0.3 is 5.97 Å². The van der Waals surface area contributed by atoms with Gasteiger partial charge in [0.15, 0.2) is 0 Å². The van der Waals surface area contributed by atoms with Crippen LogP contribution in [0.5, 0.6) is 5.88 Å². The summed E-state index contributed by atoms with van der Waals surface area (Å²) in [5.74, 6) is -0.988. The van der Waals surface area contributed by atoms with E-state index in [2.05, 4.69) is 4.98 Å². The van der Waals surface area contributed by atoms with Gasteiger partial charge in [0.05, 0.1) is 17.8 Å². The summed E-state index contributed by atoms with van der Waals surface area (Å²) >= 11 is 0. The third-order valence-electron chi connectivity index (χ3n) is 2.04. The van der Waals surface area contributed by atoms with Gasteiger partial charge in [0.25, 0.3) is 0 Å². The molecule has 1 rings (SSSR count). The molecule has 0 saturated carbocycles. The maximum absolute atomic E-state index is 10.8. The topological polar surface area (TPSA) is 94.7 Å². The number of hydrogen-bond donors (Lipinski definition) is 2. The number of anilines is 1. The van der Waals surface area contributed by atoms with Crippen LogP contribution in [0.1, 0.15) is 31.1 Å². The highest BCUT2D eigenvalue weighted by molar-refractivity contribution is 5.94. The summed E-state index contributed by atoms with van der Waals surface area (Å²) in [5.41, 5.74) is 5.41. The number of carboxylic acids is 1. The summed E-state index contributed by atoms with van der Waals surface area (Å²) in [6.07, 6.45) is 1.35. The van der Waals surface area contributed by atoms with Crippen molar-refractivity contribution < 1.29 is 19.4 Å². The average molecular weight is 254 g/mol. The van der Waals surface area contributed by atoms with Crippen LogP contribution in [0.25, 0.3) is 0 Å². The molecule has 0 bridgehead atoms. The summed E-state index contributed by atoms with van der Waals surface area (Å²) in [6, 6.07) is 1.33. The Kier molecular flexibility index (Phi) is 4.49. The molecule has 6 heteroatoms. The third-order valence-corrected chi connectivity index (χ3v) is 2.04. The Morgan fingerprint density at radius 1 is 1.44 bits per heavy atom. The van der Waals surface area contributed by atoms with Crippen molar-refractivity contribution in [3.05, 3.63) is 17.8 Å². The van der Waals surface area contributed by atoms with E-state index < -0.39 is 5.97 Å². The lowest BCUT2D eigenvalue weighted by atomic mass is 10.2. The van der Waals surface area contributed by atoms with Crippen LogP contribution in [0.3, 0.4) is 0 Å². The highest BCUT2D eigenvalue weighted by Gasteiger charge is 2.14. The molecule has 0 fully saturated rings. The molecular weight excluding hydrogens is 236 g/mol. The van der Waals surface area contributed by atoms with Crippen LogP contribution in [0, 0.1) is 0 Å². The second kappa shape index (κ2) is 5.68. The first-order chi connectivity index (χ1) is 8.31. The first-order valence-corrected chi connectivity index (χ1v) is 5.56. The molecule has 0 aliphatic heterocycles. The minimum Gasteiger partial charge on any atom is -0.478 e. The van der Waals surface area contributed by atoms with Gasteiger partial charge in [0.1, 0.15) is 12.3 Å². The molecule has 1 aromatic rings. The molecule has 3 N–H and O–H groups in total. The number of ether oxygens (including phenoxy) is 2. The van der Waals surface area contributed by atoms with Crippen LogP contribution < -0.4 is 10.5 Å². The summed E-state index contributed by atoms with van der Waals surface area (Å²) in [6.45, 7) is 6.44. The number of nitrogens with zero attached hydrogens (tertiary/aromatic N) is 1. The van der Waals surface area contributed by atoms with E-state index in [1.807, 2.05) is 20.8 Å². The number of nitrogen functional groups attached to an aromatic ring is 1. The van der Waals surface area contributed by atoms with E-state index in [0.717, 1.165) is 0 Å². The van der Waals surface area contributed by atoms with Crippen LogP contribution in [0.15, 0.2) is 12.3 Å². The largest absolute Gasteiger partial charge is 0.478 e. The Morgan fingerprint density at radius 3 is 2.67 bits per heavy atom. The molecule has 1 heterocycles. The van der Waals surface area contributed by atoms with Gasteiger partial charge in [-0.05, 0) is 26.8 Å². The third kappa shape index (κ3) is 4.21. The zero-order chi connectivity index (χ0) is 13.8. The Bertz CT molecular complexity index is 427. The molecule has 6 nitrogen and oxygen atoms in total. The van der Waals surface area contributed by atoms with E-state index in [9.17, 15) is 4.79 Å². The fourth-order valence-electron chi connectivity index (χ4n) is 1.24. The predicted molar refractivity (Wildman–Crippen MR) is 66.8 cm³/mol. The van der Waals surface area contributed by atoms with Gasteiger partial charge in [-0.25, -0.2) is 9.78 Å².